The van der Waals surface area contributed by atoms with Gasteiger partial charge in [0.1, 0.15) is 5.82 Å². The van der Waals surface area contributed by atoms with Crippen LogP contribution in [0.15, 0.2) is 63.6 Å². The van der Waals surface area contributed by atoms with Crippen LogP contribution in [0.25, 0.3) is 0 Å². The van der Waals surface area contributed by atoms with Crippen LogP contribution in [0.3, 0.4) is 0 Å². The largest absolute Gasteiger partial charge is 0.503 e. The summed E-state index contributed by atoms with van der Waals surface area (Å²) in [7, 11) is 1.38. The molecule has 10 heteroatoms. The molecular weight excluding hydrogens is 604 g/mol. The molecular formula is C23H16Br2Cl2FNO4. The third kappa shape index (κ3) is 3.29. The second-order valence-corrected chi connectivity index (χ2v) is 10.5. The number of methoxy groups -OCH3 is 1. The normalized spacial score (nSPS) is 26.8. The van der Waals surface area contributed by atoms with E-state index >= 15 is 0 Å². The van der Waals surface area contributed by atoms with Crippen LogP contribution in [-0.4, -0.2) is 33.8 Å². The lowest BCUT2D eigenvalue weighted by molar-refractivity contribution is -0.122. The number of carbonyl (C=O) groups is 2. The number of hydrogen-bond acceptors (Lipinski definition) is 4. The summed E-state index contributed by atoms with van der Waals surface area (Å²) in [4.78, 5) is 24.5. The summed E-state index contributed by atoms with van der Waals surface area (Å²) >= 11 is 20.8. The Morgan fingerprint density at radius 3 is 2.42 bits per heavy atom. The molecule has 33 heavy (non-hydrogen) atoms. The van der Waals surface area contributed by atoms with Crippen molar-refractivity contribution in [1.29, 1.82) is 0 Å². The lowest BCUT2D eigenvalue weighted by Gasteiger charge is -2.42. The fourth-order valence-electron chi connectivity index (χ4n) is 4.35. The Kier molecular flexibility index (Phi) is 6.18. The van der Waals surface area contributed by atoms with Crippen molar-refractivity contribution in [3.05, 3.63) is 75.0 Å². The number of hydrogen-bond donors (Lipinski definition) is 1. The van der Waals surface area contributed by atoms with E-state index in [4.69, 9.17) is 27.9 Å². The van der Waals surface area contributed by atoms with Gasteiger partial charge >= 0.3 is 0 Å². The number of nitrogens with zero attached hydrogens (tertiary/aromatic N) is 1. The molecule has 2 aromatic carbocycles. The molecule has 2 aromatic rings. The van der Waals surface area contributed by atoms with Crippen LogP contribution < -0.4 is 9.64 Å². The van der Waals surface area contributed by atoms with Crippen molar-refractivity contribution < 1.29 is 23.8 Å². The van der Waals surface area contributed by atoms with Gasteiger partial charge in [0.05, 0.1) is 17.3 Å². The van der Waals surface area contributed by atoms with Crippen LogP contribution in [0.2, 0.25) is 0 Å². The van der Waals surface area contributed by atoms with E-state index in [1.165, 1.54) is 25.3 Å². The number of benzene rings is 2. The van der Waals surface area contributed by atoms with E-state index < -0.39 is 33.3 Å². The maximum Gasteiger partial charge on any atom is 0.258 e. The third-order valence-corrected chi connectivity index (χ3v) is 9.58. The zero-order valence-corrected chi connectivity index (χ0v) is 21.7. The Balaban J connectivity index is 1.98. The number of imide groups is 1. The monoisotopic (exact) mass is 617 g/mol. The molecule has 1 fully saturated rings. The summed E-state index contributed by atoms with van der Waals surface area (Å²) in [6.07, 6.45) is 3.24. The summed E-state index contributed by atoms with van der Waals surface area (Å²) in [5, 5.41) is 10.4. The van der Waals surface area contributed by atoms with Gasteiger partial charge in [0.25, 0.3) is 11.8 Å². The average molecular weight is 620 g/mol. The van der Waals surface area contributed by atoms with Gasteiger partial charge in [-0.15, -0.1) is 23.2 Å². The van der Waals surface area contributed by atoms with Crippen molar-refractivity contribution in [3.63, 3.8) is 0 Å². The summed E-state index contributed by atoms with van der Waals surface area (Å²) in [5.41, 5.74) is 1.18. The van der Waals surface area contributed by atoms with Crippen molar-refractivity contribution >= 4 is 72.6 Å². The molecule has 2 amide bonds. The van der Waals surface area contributed by atoms with Crippen LogP contribution in [0.1, 0.15) is 17.9 Å². The van der Waals surface area contributed by atoms with Gasteiger partial charge in [0.2, 0.25) is 0 Å². The van der Waals surface area contributed by atoms with E-state index in [-0.39, 0.29) is 28.1 Å². The molecule has 1 aliphatic carbocycles. The highest BCUT2D eigenvalue weighted by Crippen LogP contribution is 2.61. The predicted molar refractivity (Wildman–Crippen MR) is 132 cm³/mol. The van der Waals surface area contributed by atoms with E-state index in [0.29, 0.717) is 15.6 Å². The zero-order valence-electron chi connectivity index (χ0n) is 17.0. The number of phenols is 1. The lowest BCUT2D eigenvalue weighted by atomic mass is 9.68. The van der Waals surface area contributed by atoms with E-state index in [2.05, 4.69) is 38.4 Å². The number of ether oxygens (including phenoxy) is 1. The van der Waals surface area contributed by atoms with Gasteiger partial charge in [0.15, 0.2) is 21.2 Å². The molecule has 2 aliphatic rings. The first-order valence-corrected chi connectivity index (χ1v) is 12.0. The number of alkyl halides is 2. The first-order valence-electron chi connectivity index (χ1n) is 9.62. The third-order valence-electron chi connectivity index (χ3n) is 6.01. The van der Waals surface area contributed by atoms with Gasteiger partial charge in [-0.2, -0.15) is 0 Å². The molecule has 1 saturated heterocycles. The standard InChI is InChI=1S/C23H16Br2Cl2FNO4/c1-3-11-8-9-22(26)20(31)29(13-6-4-12(28)5-7-13)21(32)23(22,27)16(11)14-10-15(33-2)19(30)18(25)17(14)24/h3-8,10,16,30H,1,9H2,2H3/t16-,22-,23+/m1/s1. The number of allylic oxidation sites excluding steroid dienone is 3. The second kappa shape index (κ2) is 8.41. The Morgan fingerprint density at radius 2 is 1.85 bits per heavy atom. The molecule has 0 bridgehead atoms. The molecule has 1 N–H and O–H groups in total. The number of carbonyl (C=O) groups excluding carboxylic acids is 2. The molecule has 0 spiro atoms. The van der Waals surface area contributed by atoms with Gasteiger partial charge in [-0.05, 0) is 79.7 Å². The Bertz CT molecular complexity index is 1240. The van der Waals surface area contributed by atoms with Crippen molar-refractivity contribution in [3.8, 4) is 11.5 Å². The maximum absolute atomic E-state index is 13.9. The highest BCUT2D eigenvalue weighted by Gasteiger charge is 2.73. The van der Waals surface area contributed by atoms with Crippen LogP contribution in [0, 0.1) is 5.82 Å². The van der Waals surface area contributed by atoms with E-state index in [9.17, 15) is 19.1 Å². The number of aromatic hydroxyl groups is 1. The molecule has 0 radical (unpaired) electrons. The second-order valence-electron chi connectivity index (χ2n) is 7.63. The molecule has 0 aromatic heterocycles. The van der Waals surface area contributed by atoms with Crippen LogP contribution in [-0.2, 0) is 9.59 Å². The van der Waals surface area contributed by atoms with Gasteiger partial charge in [0, 0.05) is 10.4 Å². The van der Waals surface area contributed by atoms with E-state index in [1.807, 2.05) is 0 Å². The summed E-state index contributed by atoms with van der Waals surface area (Å²) in [6.45, 7) is 3.84. The highest BCUT2D eigenvalue weighted by molar-refractivity contribution is 9.13. The predicted octanol–water partition coefficient (Wildman–Crippen LogP) is 6.19. The summed E-state index contributed by atoms with van der Waals surface area (Å²) < 4.78 is 19.4. The topological polar surface area (TPSA) is 66.8 Å². The Morgan fingerprint density at radius 1 is 1.21 bits per heavy atom. The molecule has 0 saturated carbocycles. The van der Waals surface area contributed by atoms with E-state index in [0.717, 1.165) is 17.0 Å². The Hall–Kier alpha value is -1.87. The first-order chi connectivity index (χ1) is 15.5. The summed E-state index contributed by atoms with van der Waals surface area (Å²) in [5.74, 6) is -2.94. The van der Waals surface area contributed by atoms with Gasteiger partial charge in [-0.3, -0.25) is 9.59 Å². The average Bonchev–Trinajstić information content (AvgIpc) is 2.95. The minimum Gasteiger partial charge on any atom is -0.503 e. The van der Waals surface area contributed by atoms with Gasteiger partial charge in [-0.1, -0.05) is 18.7 Å². The van der Waals surface area contributed by atoms with Crippen LogP contribution >= 0.6 is 55.1 Å². The molecule has 1 heterocycles. The van der Waals surface area contributed by atoms with Crippen molar-refractivity contribution in [2.75, 3.05) is 12.0 Å². The molecule has 0 unspecified atom stereocenters. The van der Waals surface area contributed by atoms with Crippen molar-refractivity contribution in [1.82, 2.24) is 0 Å². The minimum atomic E-state index is -1.96. The fraction of sp³-hybridized carbons (Fsp3) is 0.217. The summed E-state index contributed by atoms with van der Waals surface area (Å²) in [6, 6.07) is 6.44. The van der Waals surface area contributed by atoms with E-state index in [1.54, 1.807) is 12.2 Å². The minimum absolute atomic E-state index is 0.0216. The maximum atomic E-state index is 13.9. The number of amides is 2. The number of halogens is 5. The molecule has 1 aliphatic heterocycles. The van der Waals surface area contributed by atoms with Crippen LogP contribution in [0.4, 0.5) is 10.1 Å². The number of rotatable bonds is 4. The number of phenolic OH excluding ortho intramolecular Hbond substituents is 1. The Labute approximate surface area is 216 Å². The molecule has 172 valence electrons. The quantitative estimate of drug-likeness (QED) is 0.327. The van der Waals surface area contributed by atoms with Gasteiger partial charge < -0.3 is 9.84 Å². The van der Waals surface area contributed by atoms with Crippen molar-refractivity contribution in [2.45, 2.75) is 22.1 Å². The number of anilines is 1. The zero-order chi connectivity index (χ0) is 24.3. The van der Waals surface area contributed by atoms with Crippen molar-refractivity contribution in [2.24, 2.45) is 0 Å². The van der Waals surface area contributed by atoms with Crippen LogP contribution in [0.5, 0.6) is 11.5 Å². The number of fused-ring (bicyclic) bond motifs is 1. The molecule has 3 atom stereocenters. The smallest absolute Gasteiger partial charge is 0.258 e. The van der Waals surface area contributed by atoms with Gasteiger partial charge in [-0.25, -0.2) is 9.29 Å². The lowest BCUT2D eigenvalue weighted by Crippen LogP contribution is -2.55. The SMILES string of the molecule is C=CC1=CC[C@@]2(Cl)C(=O)N(c3ccc(F)cc3)C(=O)[C@@]2(Cl)[C@H]1c1cc(OC)c(O)c(Br)c1Br. The molecule has 5 nitrogen and oxygen atoms in total. The molecule has 4 rings (SSSR count). The highest BCUT2D eigenvalue weighted by atomic mass is 79.9. The first kappa shape index (κ1) is 24.3. The fourth-order valence-corrected chi connectivity index (χ4v) is 6.14.